The first-order valence-electron chi connectivity index (χ1n) is 22.8. The van der Waals surface area contributed by atoms with Crippen LogP contribution in [0.2, 0.25) is 0 Å². The van der Waals surface area contributed by atoms with Gasteiger partial charge in [-0.1, -0.05) is 77.0 Å². The van der Waals surface area contributed by atoms with Crippen molar-refractivity contribution in [3.05, 3.63) is 20.8 Å². The Morgan fingerprint density at radius 2 is 0.541 bits per heavy atom. The summed E-state index contributed by atoms with van der Waals surface area (Å²) in [5, 5.41) is 49.5. The van der Waals surface area contributed by atoms with Crippen LogP contribution in [-0.4, -0.2) is 109 Å². The summed E-state index contributed by atoms with van der Waals surface area (Å²) < 4.78 is 9.67. The summed E-state index contributed by atoms with van der Waals surface area (Å²) in [6.07, 6.45) is 23.7. The van der Waals surface area contributed by atoms with E-state index in [0.29, 0.717) is 56.3 Å². The molecule has 344 valence electrons. The molecule has 4 aliphatic rings. The van der Waals surface area contributed by atoms with Gasteiger partial charge >= 0.3 is 21.7 Å². The fourth-order valence-corrected chi connectivity index (χ4v) is 8.58. The molecule has 0 radical (unpaired) electrons. The number of ether oxygens (including phenoxy) is 2. The van der Waals surface area contributed by atoms with Crippen LogP contribution in [0.1, 0.15) is 156 Å². The van der Waals surface area contributed by atoms with E-state index < -0.39 is 0 Å². The Morgan fingerprint density at radius 3 is 0.689 bits per heavy atom. The van der Waals surface area contributed by atoms with E-state index in [1.54, 1.807) is 0 Å². The maximum Gasteiger partial charge on any atom is 4.00 e. The third-order valence-electron chi connectivity index (χ3n) is 11.5. The number of nitrogens with zero attached hydrogens (tertiary/aromatic N) is 12. The van der Waals surface area contributed by atoms with Gasteiger partial charge in [-0.3, -0.25) is 0 Å². The standard InChI is InChI=1S/2C17H28N6O2.2C4H10O.Ti/c2*1-21(24)15-18-16(22(2)25)20-17(19-15)23(13-9-5-3-6-10-13)14-11-7-4-8-12-14;2*1-3-5-4-2;/h2*13-14H,3-12H2,1-2H3;2*3-4H2,1-2H3;/q2*-2;;;+4. The molecule has 0 unspecified atom stereocenters. The molecule has 0 aliphatic heterocycles. The molecule has 2 heterocycles. The molecular weight excluding hydrogens is 816 g/mol. The summed E-state index contributed by atoms with van der Waals surface area (Å²) in [5.74, 6) is 0.977. The van der Waals surface area contributed by atoms with Gasteiger partial charge in [-0.25, -0.2) is 0 Å². The molecule has 0 atom stereocenters. The first-order chi connectivity index (χ1) is 28.9. The van der Waals surface area contributed by atoms with Gasteiger partial charge < -0.3 is 60.4 Å². The van der Waals surface area contributed by atoms with Crippen molar-refractivity contribution < 1.29 is 31.2 Å². The maximum absolute atomic E-state index is 11.8. The van der Waals surface area contributed by atoms with Crippen LogP contribution >= 0.6 is 0 Å². The monoisotopic (exact) mass is 893 g/mol. The van der Waals surface area contributed by atoms with E-state index in [0.717, 1.165) is 77.8 Å². The second-order valence-electron chi connectivity index (χ2n) is 16.0. The molecular formula is C42H76N12O6Ti. The van der Waals surface area contributed by atoms with E-state index >= 15 is 0 Å². The van der Waals surface area contributed by atoms with Gasteiger partial charge in [-0.15, -0.1) is 0 Å². The van der Waals surface area contributed by atoms with E-state index in [9.17, 15) is 20.8 Å². The predicted molar refractivity (Wildman–Crippen MR) is 244 cm³/mol. The van der Waals surface area contributed by atoms with Crippen LogP contribution in [0, 0.1) is 20.8 Å². The minimum Gasteiger partial charge on any atom is -0.756 e. The Morgan fingerprint density at radius 1 is 0.361 bits per heavy atom. The number of rotatable bonds is 14. The second-order valence-corrected chi connectivity index (χ2v) is 16.0. The van der Waals surface area contributed by atoms with Gasteiger partial charge in [-0.2, -0.15) is 29.9 Å². The van der Waals surface area contributed by atoms with Crippen LogP contribution < -0.4 is 30.1 Å². The number of hydroxylamine groups is 4. The molecule has 4 fully saturated rings. The summed E-state index contributed by atoms with van der Waals surface area (Å²) >= 11 is 0. The zero-order valence-electron chi connectivity index (χ0n) is 38.6. The van der Waals surface area contributed by atoms with Crippen molar-refractivity contribution >= 4 is 35.7 Å². The molecule has 6 rings (SSSR count). The summed E-state index contributed by atoms with van der Waals surface area (Å²) in [5.41, 5.74) is 0. The van der Waals surface area contributed by atoms with Crippen molar-refractivity contribution in [2.24, 2.45) is 0 Å². The molecule has 4 saturated carbocycles. The van der Waals surface area contributed by atoms with Crippen molar-refractivity contribution in [3.63, 3.8) is 0 Å². The fraction of sp³-hybridized carbons (Fsp3) is 0.857. The van der Waals surface area contributed by atoms with Gasteiger partial charge in [0.25, 0.3) is 0 Å². The molecule has 18 nitrogen and oxygen atoms in total. The minimum absolute atomic E-state index is 0. The van der Waals surface area contributed by atoms with E-state index in [1.165, 1.54) is 105 Å². The SMILES string of the molecule is CCOCC.CCOCC.CN([O-])c1nc(N(C)[O-])nc(N(C2CCCCC2)C2CCCCC2)n1.CN([O-])c1nc(N(C)[O-])nc(N(C2CCCCC2)C2CCCCC2)n1.[Ti+4]. The van der Waals surface area contributed by atoms with Crippen molar-refractivity contribution in [1.29, 1.82) is 0 Å². The Hall–Kier alpha value is -2.71. The first-order valence-corrected chi connectivity index (χ1v) is 22.8. The summed E-state index contributed by atoms with van der Waals surface area (Å²) in [7, 11) is 5.39. The van der Waals surface area contributed by atoms with E-state index in [1.807, 2.05) is 27.7 Å². The second kappa shape index (κ2) is 30.4. The maximum atomic E-state index is 11.8. The zero-order valence-corrected chi connectivity index (χ0v) is 40.2. The molecule has 0 amide bonds. The predicted octanol–water partition coefficient (Wildman–Crippen LogP) is 8.51. The van der Waals surface area contributed by atoms with Gasteiger partial charge in [0, 0.05) is 50.6 Å². The van der Waals surface area contributed by atoms with Crippen LogP contribution in [0.4, 0.5) is 35.7 Å². The molecule has 0 aromatic carbocycles. The number of hydrogen-bond acceptors (Lipinski definition) is 18. The molecule has 4 aliphatic carbocycles. The van der Waals surface area contributed by atoms with Gasteiger partial charge in [0.2, 0.25) is 35.7 Å². The van der Waals surface area contributed by atoms with Crippen LogP contribution in [0.3, 0.4) is 0 Å². The van der Waals surface area contributed by atoms with E-state index in [-0.39, 0.29) is 45.5 Å². The molecule has 2 aromatic heterocycles. The van der Waals surface area contributed by atoms with Crippen LogP contribution in [0.15, 0.2) is 0 Å². The van der Waals surface area contributed by atoms with Gasteiger partial charge in [-0.05, 0) is 107 Å². The van der Waals surface area contributed by atoms with Gasteiger partial charge in [0.05, 0.1) is 0 Å². The molecule has 0 N–H and O–H groups in total. The zero-order chi connectivity index (χ0) is 43.9. The Labute approximate surface area is 381 Å². The average molecular weight is 893 g/mol. The van der Waals surface area contributed by atoms with Gasteiger partial charge in [0.1, 0.15) is 0 Å². The van der Waals surface area contributed by atoms with Crippen molar-refractivity contribution in [1.82, 2.24) is 29.9 Å². The Kier molecular flexibility index (Phi) is 27.1. The summed E-state index contributed by atoms with van der Waals surface area (Å²) in [4.78, 5) is 30.2. The van der Waals surface area contributed by atoms with E-state index in [4.69, 9.17) is 9.47 Å². The van der Waals surface area contributed by atoms with Crippen molar-refractivity contribution in [2.75, 3.05) is 84.7 Å². The van der Waals surface area contributed by atoms with E-state index in [2.05, 4.69) is 39.7 Å². The molecule has 19 heteroatoms. The summed E-state index contributed by atoms with van der Waals surface area (Å²) in [6, 6.07) is 1.53. The van der Waals surface area contributed by atoms with Crippen LogP contribution in [0.25, 0.3) is 0 Å². The Bertz CT molecular complexity index is 1230. The third-order valence-corrected chi connectivity index (χ3v) is 11.5. The number of anilines is 6. The van der Waals surface area contributed by atoms with Crippen LogP contribution in [-0.2, 0) is 31.2 Å². The Balaban J connectivity index is 0.000000340. The fourth-order valence-electron chi connectivity index (χ4n) is 8.58. The molecule has 0 spiro atoms. The number of aromatic nitrogens is 6. The molecule has 61 heavy (non-hydrogen) atoms. The smallest absolute Gasteiger partial charge is 0.756 e. The third kappa shape index (κ3) is 18.5. The van der Waals surface area contributed by atoms with Crippen molar-refractivity contribution in [3.8, 4) is 0 Å². The van der Waals surface area contributed by atoms with Crippen LogP contribution in [0.5, 0.6) is 0 Å². The molecule has 0 saturated heterocycles. The normalized spacial score (nSPS) is 17.5. The summed E-state index contributed by atoms with van der Waals surface area (Å²) in [6.45, 7) is 11.3. The van der Waals surface area contributed by atoms with Gasteiger partial charge in [0.15, 0.2) is 0 Å². The number of hydrogen-bond donors (Lipinski definition) is 0. The first kappa shape index (κ1) is 54.4. The quantitative estimate of drug-likeness (QED) is 0.129. The average Bonchev–Trinajstić information content (AvgIpc) is 3.26. The van der Waals surface area contributed by atoms with Crippen molar-refractivity contribution in [2.45, 2.75) is 180 Å². The molecule has 0 bridgehead atoms. The molecule has 2 aromatic rings. The minimum atomic E-state index is -0.000631. The topological polar surface area (TPSA) is 207 Å². The largest absolute Gasteiger partial charge is 4.00 e.